The molecule has 1 aromatic heterocycles. The van der Waals surface area contributed by atoms with Crippen LogP contribution in [0.15, 0.2) is 24.4 Å². The normalized spacial score (nSPS) is 19.2. The van der Waals surface area contributed by atoms with Gasteiger partial charge in [-0.25, -0.2) is 4.39 Å². The number of fused-ring (bicyclic) bond motifs is 1. The first-order valence-corrected chi connectivity index (χ1v) is 6.82. The van der Waals surface area contributed by atoms with Crippen LogP contribution in [0.5, 0.6) is 0 Å². The van der Waals surface area contributed by atoms with E-state index in [-0.39, 0.29) is 5.82 Å². The Hall–Kier alpha value is -1.88. The van der Waals surface area contributed by atoms with Crippen LogP contribution in [0.1, 0.15) is 6.42 Å². The SMILES string of the molecule is CN(C)C1CCN(c2c(F)cc(N)c3cccnc23)C1. The third kappa shape index (κ3) is 2.08. The third-order valence-corrected chi connectivity index (χ3v) is 4.06. The minimum atomic E-state index is -0.284. The second kappa shape index (κ2) is 4.90. The maximum Gasteiger partial charge on any atom is 0.150 e. The van der Waals surface area contributed by atoms with E-state index < -0.39 is 0 Å². The third-order valence-electron chi connectivity index (χ3n) is 4.06. The van der Waals surface area contributed by atoms with Crippen LogP contribution in [0.2, 0.25) is 0 Å². The Kier molecular flexibility index (Phi) is 3.22. The molecule has 1 fully saturated rings. The van der Waals surface area contributed by atoms with Crippen LogP contribution in [0.25, 0.3) is 10.9 Å². The van der Waals surface area contributed by atoms with Crippen LogP contribution in [-0.4, -0.2) is 43.1 Å². The fraction of sp³-hybridized carbons (Fsp3) is 0.400. The summed E-state index contributed by atoms with van der Waals surface area (Å²) in [6.07, 6.45) is 2.72. The van der Waals surface area contributed by atoms with Gasteiger partial charge in [0.15, 0.2) is 5.82 Å². The zero-order chi connectivity index (χ0) is 14.3. The highest BCUT2D eigenvalue weighted by Crippen LogP contribution is 2.34. The molecule has 4 nitrogen and oxygen atoms in total. The molecule has 1 aromatic carbocycles. The molecule has 3 rings (SSSR count). The molecule has 0 bridgehead atoms. The Morgan fingerprint density at radius 2 is 2.25 bits per heavy atom. The quantitative estimate of drug-likeness (QED) is 0.852. The Morgan fingerprint density at radius 3 is 2.95 bits per heavy atom. The van der Waals surface area contributed by atoms with Crippen molar-refractivity contribution in [3.8, 4) is 0 Å². The first kappa shape index (κ1) is 13.1. The number of nitrogens with zero attached hydrogens (tertiary/aromatic N) is 3. The van der Waals surface area contributed by atoms with Crippen LogP contribution < -0.4 is 10.6 Å². The highest BCUT2D eigenvalue weighted by atomic mass is 19.1. The van der Waals surface area contributed by atoms with Crippen molar-refractivity contribution in [3.05, 3.63) is 30.2 Å². The molecule has 20 heavy (non-hydrogen) atoms. The standard InChI is InChI=1S/C15H19FN4/c1-19(2)10-5-7-20(9-10)15-12(16)8-13(17)11-4-3-6-18-14(11)15/h3-4,6,8,10H,5,7,9,17H2,1-2H3. The Bertz CT molecular complexity index is 641. The Balaban J connectivity index is 2.08. The average Bonchev–Trinajstić information content (AvgIpc) is 2.88. The summed E-state index contributed by atoms with van der Waals surface area (Å²) in [4.78, 5) is 8.61. The number of nitrogen functional groups attached to an aromatic ring is 1. The van der Waals surface area contributed by atoms with Gasteiger partial charge in [-0.3, -0.25) is 4.98 Å². The lowest BCUT2D eigenvalue weighted by atomic mass is 10.1. The molecule has 0 amide bonds. The van der Waals surface area contributed by atoms with Crippen LogP contribution >= 0.6 is 0 Å². The lowest BCUT2D eigenvalue weighted by molar-refractivity contribution is 0.315. The maximum atomic E-state index is 14.4. The smallest absolute Gasteiger partial charge is 0.150 e. The summed E-state index contributed by atoms with van der Waals surface area (Å²) in [5.74, 6) is -0.284. The van der Waals surface area contributed by atoms with Gasteiger partial charge in [-0.15, -0.1) is 0 Å². The molecule has 1 saturated heterocycles. The number of anilines is 2. The number of benzene rings is 1. The molecule has 0 aliphatic carbocycles. The molecule has 106 valence electrons. The predicted molar refractivity (Wildman–Crippen MR) is 80.4 cm³/mol. The summed E-state index contributed by atoms with van der Waals surface area (Å²) >= 11 is 0. The van der Waals surface area contributed by atoms with E-state index in [1.807, 2.05) is 12.1 Å². The van der Waals surface area contributed by atoms with Crippen molar-refractivity contribution in [1.82, 2.24) is 9.88 Å². The lowest BCUT2D eigenvalue weighted by Crippen LogP contribution is -2.31. The molecule has 1 aliphatic rings. The average molecular weight is 274 g/mol. The Labute approximate surface area is 118 Å². The highest BCUT2D eigenvalue weighted by Gasteiger charge is 2.27. The van der Waals surface area contributed by atoms with E-state index in [0.717, 1.165) is 24.9 Å². The highest BCUT2D eigenvalue weighted by molar-refractivity contribution is 5.99. The van der Waals surface area contributed by atoms with E-state index >= 15 is 0 Å². The monoisotopic (exact) mass is 274 g/mol. The van der Waals surface area contributed by atoms with Crippen molar-refractivity contribution >= 4 is 22.3 Å². The van der Waals surface area contributed by atoms with Gasteiger partial charge in [0.05, 0.1) is 11.2 Å². The van der Waals surface area contributed by atoms with Crippen molar-refractivity contribution < 1.29 is 4.39 Å². The number of hydrogen-bond acceptors (Lipinski definition) is 4. The second-order valence-corrected chi connectivity index (χ2v) is 5.55. The van der Waals surface area contributed by atoms with Gasteiger partial charge in [0.2, 0.25) is 0 Å². The summed E-state index contributed by atoms with van der Waals surface area (Å²) in [7, 11) is 4.12. The number of likely N-dealkylation sites (N-methyl/N-ethyl adjacent to an activating group) is 1. The molecule has 1 aliphatic heterocycles. The molecular formula is C15H19FN4. The van der Waals surface area contributed by atoms with E-state index in [4.69, 9.17) is 5.73 Å². The van der Waals surface area contributed by atoms with Crippen molar-refractivity contribution in [1.29, 1.82) is 0 Å². The number of rotatable bonds is 2. The van der Waals surface area contributed by atoms with Gasteiger partial charge >= 0.3 is 0 Å². The lowest BCUT2D eigenvalue weighted by Gasteiger charge is -2.23. The minimum absolute atomic E-state index is 0.284. The number of nitrogens with two attached hydrogens (primary N) is 1. The van der Waals surface area contributed by atoms with Crippen molar-refractivity contribution in [3.63, 3.8) is 0 Å². The topological polar surface area (TPSA) is 45.4 Å². The molecule has 2 aromatic rings. The van der Waals surface area contributed by atoms with Crippen molar-refractivity contribution in [2.24, 2.45) is 0 Å². The first-order valence-electron chi connectivity index (χ1n) is 6.82. The van der Waals surface area contributed by atoms with Gasteiger partial charge in [0, 0.05) is 36.4 Å². The molecule has 5 heteroatoms. The van der Waals surface area contributed by atoms with Crippen LogP contribution in [0, 0.1) is 5.82 Å². The molecule has 0 spiro atoms. The van der Waals surface area contributed by atoms with Gasteiger partial charge in [-0.2, -0.15) is 0 Å². The van der Waals surface area contributed by atoms with Crippen LogP contribution in [0.3, 0.4) is 0 Å². The Morgan fingerprint density at radius 1 is 1.45 bits per heavy atom. The van der Waals surface area contributed by atoms with Gasteiger partial charge in [0.25, 0.3) is 0 Å². The summed E-state index contributed by atoms with van der Waals surface area (Å²) in [6, 6.07) is 5.57. The number of hydrogen-bond donors (Lipinski definition) is 1. The summed E-state index contributed by atoms with van der Waals surface area (Å²) in [6.45, 7) is 1.66. The predicted octanol–water partition coefficient (Wildman–Crippen LogP) is 2.10. The van der Waals surface area contributed by atoms with E-state index in [1.165, 1.54) is 6.07 Å². The number of halogens is 1. The second-order valence-electron chi connectivity index (χ2n) is 5.55. The molecule has 1 atom stereocenters. The van der Waals surface area contributed by atoms with E-state index in [9.17, 15) is 4.39 Å². The zero-order valence-corrected chi connectivity index (χ0v) is 11.8. The van der Waals surface area contributed by atoms with Crippen molar-refractivity contribution in [2.75, 3.05) is 37.8 Å². The molecular weight excluding hydrogens is 255 g/mol. The molecule has 0 radical (unpaired) electrons. The number of aromatic nitrogens is 1. The fourth-order valence-electron chi connectivity index (χ4n) is 2.89. The summed E-state index contributed by atoms with van der Waals surface area (Å²) in [5, 5.41) is 0.817. The van der Waals surface area contributed by atoms with Crippen molar-refractivity contribution in [2.45, 2.75) is 12.5 Å². The maximum absolute atomic E-state index is 14.4. The van der Waals surface area contributed by atoms with E-state index in [2.05, 4.69) is 28.9 Å². The van der Waals surface area contributed by atoms with E-state index in [0.29, 0.717) is 22.9 Å². The van der Waals surface area contributed by atoms with Gasteiger partial charge in [-0.05, 0) is 38.7 Å². The minimum Gasteiger partial charge on any atom is -0.398 e. The first-order chi connectivity index (χ1) is 9.58. The zero-order valence-electron chi connectivity index (χ0n) is 11.8. The molecule has 0 saturated carbocycles. The van der Waals surface area contributed by atoms with Gasteiger partial charge < -0.3 is 15.5 Å². The number of pyridine rings is 1. The van der Waals surface area contributed by atoms with E-state index in [1.54, 1.807) is 6.20 Å². The molecule has 1 unspecified atom stereocenters. The fourth-order valence-corrected chi connectivity index (χ4v) is 2.89. The van der Waals surface area contributed by atoms with Gasteiger partial charge in [-0.1, -0.05) is 0 Å². The van der Waals surface area contributed by atoms with Gasteiger partial charge in [0.1, 0.15) is 0 Å². The largest absolute Gasteiger partial charge is 0.398 e. The van der Waals surface area contributed by atoms with Crippen LogP contribution in [0.4, 0.5) is 15.8 Å². The summed E-state index contributed by atoms with van der Waals surface area (Å²) < 4.78 is 14.4. The summed E-state index contributed by atoms with van der Waals surface area (Å²) in [5.41, 5.74) is 7.58. The van der Waals surface area contributed by atoms with Crippen LogP contribution in [-0.2, 0) is 0 Å². The molecule has 2 heterocycles. The molecule has 2 N–H and O–H groups in total.